The fraction of sp³-hybridized carbons (Fsp3) is 0.533. The first kappa shape index (κ1) is 28.5. The number of nitrogens with one attached hydrogen (secondary N) is 2. The highest BCUT2D eigenvalue weighted by Crippen LogP contribution is 2.40. The summed E-state index contributed by atoms with van der Waals surface area (Å²) in [5.41, 5.74) is 1.57. The zero-order chi connectivity index (χ0) is 27.1. The molecule has 2 saturated heterocycles. The standard InChI is InChI=1S/C30H41N3O4S/c1-30(2,3)32-28(35)25-17-27-23(14-15-38-27)18-33(25)19-26(34)24(16-21-10-6-4-7-11-21)31-29(36)37-20-22-12-8-5-9-13-22/h4-13,23-27,34H,14-20H2,1-3H3,(H,31,36)(H,32,35)/t23?,24?,25-,26?,27?/m0/s1. The second-order valence-corrected chi connectivity index (χ2v) is 12.8. The average Bonchev–Trinajstić information content (AvgIpc) is 3.34. The molecule has 5 atom stereocenters. The van der Waals surface area contributed by atoms with Gasteiger partial charge in [0.25, 0.3) is 0 Å². The highest BCUT2D eigenvalue weighted by atomic mass is 32.2. The molecule has 0 saturated carbocycles. The number of alkyl carbamates (subject to hydrolysis) is 1. The van der Waals surface area contributed by atoms with Gasteiger partial charge < -0.3 is 20.5 Å². The number of aliphatic hydroxyl groups is 1. The summed E-state index contributed by atoms with van der Waals surface area (Å²) < 4.78 is 5.47. The summed E-state index contributed by atoms with van der Waals surface area (Å²) in [7, 11) is 0. The van der Waals surface area contributed by atoms with Crippen LogP contribution in [0.5, 0.6) is 0 Å². The van der Waals surface area contributed by atoms with Crippen molar-refractivity contribution in [1.82, 2.24) is 15.5 Å². The maximum Gasteiger partial charge on any atom is 0.407 e. The number of likely N-dealkylation sites (tertiary alicyclic amines) is 1. The van der Waals surface area contributed by atoms with E-state index in [9.17, 15) is 14.7 Å². The van der Waals surface area contributed by atoms with Gasteiger partial charge in [-0.3, -0.25) is 9.69 Å². The van der Waals surface area contributed by atoms with Gasteiger partial charge >= 0.3 is 6.09 Å². The van der Waals surface area contributed by atoms with Crippen LogP contribution in [0.4, 0.5) is 4.79 Å². The van der Waals surface area contributed by atoms with Crippen LogP contribution in [0.2, 0.25) is 0 Å². The molecule has 8 heteroatoms. The second kappa shape index (κ2) is 13.0. The maximum atomic E-state index is 13.3. The molecule has 0 radical (unpaired) electrons. The lowest BCUT2D eigenvalue weighted by Gasteiger charge is -2.43. The van der Waals surface area contributed by atoms with E-state index in [1.54, 1.807) is 0 Å². The van der Waals surface area contributed by atoms with Gasteiger partial charge in [0, 0.05) is 23.9 Å². The van der Waals surface area contributed by atoms with Gasteiger partial charge in [-0.15, -0.1) is 0 Å². The number of piperidine rings is 1. The molecular formula is C30H41N3O4S. The summed E-state index contributed by atoms with van der Waals surface area (Å²) in [5, 5.41) is 18.0. The summed E-state index contributed by atoms with van der Waals surface area (Å²) in [6.07, 6.45) is 0.918. The molecule has 0 aliphatic carbocycles. The van der Waals surface area contributed by atoms with E-state index in [0.29, 0.717) is 24.1 Å². The number of aliphatic hydroxyl groups excluding tert-OH is 1. The van der Waals surface area contributed by atoms with Crippen LogP contribution in [0, 0.1) is 5.92 Å². The summed E-state index contributed by atoms with van der Waals surface area (Å²) in [4.78, 5) is 28.2. The molecule has 2 aliphatic rings. The zero-order valence-electron chi connectivity index (χ0n) is 22.6. The van der Waals surface area contributed by atoms with Crippen LogP contribution in [0.1, 0.15) is 44.7 Å². The number of rotatable bonds is 9. The number of hydrogen-bond donors (Lipinski definition) is 3. The lowest BCUT2D eigenvalue weighted by molar-refractivity contribution is -0.130. The number of ether oxygens (including phenoxy) is 1. The SMILES string of the molecule is CC(C)(C)NC(=O)[C@@H]1CC2SCCC2CN1CC(O)C(Cc1ccccc1)NC(=O)OCc1ccccc1. The minimum Gasteiger partial charge on any atom is -0.445 e. The first-order chi connectivity index (χ1) is 18.2. The Morgan fingerprint density at radius 1 is 1.08 bits per heavy atom. The molecule has 2 fully saturated rings. The third kappa shape index (κ3) is 8.22. The Kier molecular flexibility index (Phi) is 9.74. The topological polar surface area (TPSA) is 90.9 Å². The van der Waals surface area contributed by atoms with Crippen LogP contribution in [-0.2, 0) is 22.6 Å². The van der Waals surface area contributed by atoms with E-state index in [2.05, 4.69) is 15.5 Å². The second-order valence-electron chi connectivity index (χ2n) is 11.5. The van der Waals surface area contributed by atoms with E-state index in [1.165, 1.54) is 0 Å². The number of benzene rings is 2. The number of carbonyl (C=O) groups is 2. The van der Waals surface area contributed by atoms with Crippen LogP contribution in [0.25, 0.3) is 0 Å². The van der Waals surface area contributed by atoms with Crippen molar-refractivity contribution in [1.29, 1.82) is 0 Å². The normalized spacial score (nSPS) is 23.2. The molecule has 38 heavy (non-hydrogen) atoms. The van der Waals surface area contributed by atoms with Crippen molar-refractivity contribution < 1.29 is 19.4 Å². The lowest BCUT2D eigenvalue weighted by Crippen LogP contribution is -2.60. The van der Waals surface area contributed by atoms with Crippen LogP contribution < -0.4 is 10.6 Å². The Hall–Kier alpha value is -2.55. The summed E-state index contributed by atoms with van der Waals surface area (Å²) in [5.74, 6) is 1.64. The van der Waals surface area contributed by atoms with Crippen molar-refractivity contribution in [2.45, 2.75) is 75.6 Å². The summed E-state index contributed by atoms with van der Waals surface area (Å²) in [6, 6.07) is 18.4. The fourth-order valence-corrected chi connectivity index (χ4v) is 6.88. The first-order valence-electron chi connectivity index (χ1n) is 13.5. The van der Waals surface area contributed by atoms with Crippen molar-refractivity contribution in [2.24, 2.45) is 5.92 Å². The average molecular weight is 540 g/mol. The molecule has 4 rings (SSSR count). The lowest BCUT2D eigenvalue weighted by atomic mass is 9.89. The van der Waals surface area contributed by atoms with Gasteiger partial charge in [-0.25, -0.2) is 4.79 Å². The minimum atomic E-state index is -0.880. The van der Waals surface area contributed by atoms with E-state index in [-0.39, 0.29) is 24.1 Å². The number of thioether (sulfide) groups is 1. The number of fused-ring (bicyclic) bond motifs is 1. The molecule has 2 aliphatic heterocycles. The highest BCUT2D eigenvalue weighted by molar-refractivity contribution is 8.00. The van der Waals surface area contributed by atoms with Crippen molar-refractivity contribution in [3.8, 4) is 0 Å². The summed E-state index contributed by atoms with van der Waals surface area (Å²) >= 11 is 1.96. The van der Waals surface area contributed by atoms with Crippen LogP contribution in [0.3, 0.4) is 0 Å². The van der Waals surface area contributed by atoms with Gasteiger partial charge in [0.15, 0.2) is 0 Å². The van der Waals surface area contributed by atoms with Crippen molar-refractivity contribution in [3.63, 3.8) is 0 Å². The third-order valence-electron chi connectivity index (χ3n) is 7.21. The Balaban J connectivity index is 1.46. The number of carbonyl (C=O) groups excluding carboxylic acids is 2. The number of amides is 2. The van der Waals surface area contributed by atoms with Gasteiger partial charge in [-0.05, 0) is 62.8 Å². The molecule has 7 nitrogen and oxygen atoms in total. The van der Waals surface area contributed by atoms with E-state index >= 15 is 0 Å². The first-order valence-corrected chi connectivity index (χ1v) is 14.6. The van der Waals surface area contributed by atoms with E-state index < -0.39 is 18.2 Å². The number of nitrogens with zero attached hydrogens (tertiary/aromatic N) is 1. The zero-order valence-corrected chi connectivity index (χ0v) is 23.5. The molecular weight excluding hydrogens is 498 g/mol. The third-order valence-corrected chi connectivity index (χ3v) is 8.69. The monoisotopic (exact) mass is 539 g/mol. The Morgan fingerprint density at radius 3 is 2.39 bits per heavy atom. The molecule has 3 N–H and O–H groups in total. The van der Waals surface area contributed by atoms with Gasteiger partial charge in [-0.1, -0.05) is 60.7 Å². The molecule has 4 unspecified atom stereocenters. The molecule has 0 spiro atoms. The fourth-order valence-electron chi connectivity index (χ4n) is 5.32. The van der Waals surface area contributed by atoms with Crippen LogP contribution in [0.15, 0.2) is 60.7 Å². The molecule has 0 bridgehead atoms. The largest absolute Gasteiger partial charge is 0.445 e. The van der Waals surface area contributed by atoms with Crippen LogP contribution >= 0.6 is 11.8 Å². The number of β-amino-alcohol motifs (C(OH)–C–C–N with tert-alkyl or cyclic N) is 1. The van der Waals surface area contributed by atoms with Gasteiger partial charge in [-0.2, -0.15) is 11.8 Å². The van der Waals surface area contributed by atoms with E-state index in [0.717, 1.165) is 36.3 Å². The van der Waals surface area contributed by atoms with Gasteiger partial charge in [0.05, 0.1) is 18.2 Å². The van der Waals surface area contributed by atoms with Crippen molar-refractivity contribution in [2.75, 3.05) is 18.8 Å². The van der Waals surface area contributed by atoms with Crippen molar-refractivity contribution in [3.05, 3.63) is 71.8 Å². The molecule has 0 aromatic heterocycles. The highest BCUT2D eigenvalue weighted by Gasteiger charge is 2.43. The summed E-state index contributed by atoms with van der Waals surface area (Å²) in [6.45, 7) is 7.19. The van der Waals surface area contributed by atoms with E-state index in [4.69, 9.17) is 4.74 Å². The Morgan fingerprint density at radius 2 is 1.74 bits per heavy atom. The molecule has 2 amide bonds. The van der Waals surface area contributed by atoms with E-state index in [1.807, 2.05) is 93.2 Å². The molecule has 2 aromatic rings. The molecule has 206 valence electrons. The predicted octanol–water partition coefficient (Wildman–Crippen LogP) is 4.00. The molecule has 2 aromatic carbocycles. The quantitative estimate of drug-likeness (QED) is 0.446. The Bertz CT molecular complexity index is 1050. The maximum absolute atomic E-state index is 13.3. The smallest absolute Gasteiger partial charge is 0.407 e. The van der Waals surface area contributed by atoms with Crippen molar-refractivity contribution >= 4 is 23.8 Å². The minimum absolute atomic E-state index is 0.00508. The van der Waals surface area contributed by atoms with Gasteiger partial charge in [0.1, 0.15) is 6.61 Å². The Labute approximate surface area is 230 Å². The number of hydrogen-bond acceptors (Lipinski definition) is 6. The molecule has 2 heterocycles. The van der Waals surface area contributed by atoms with Crippen LogP contribution in [-0.4, -0.2) is 69.8 Å². The predicted molar refractivity (Wildman–Crippen MR) is 152 cm³/mol. The van der Waals surface area contributed by atoms with Gasteiger partial charge in [0.2, 0.25) is 5.91 Å².